The number of nitrogens with zero attached hydrogens (tertiary/aromatic N) is 6. The van der Waals surface area contributed by atoms with Crippen molar-refractivity contribution in [2.75, 3.05) is 33.0 Å². The first-order chi connectivity index (χ1) is 15.1. The Morgan fingerprint density at radius 1 is 0.968 bits per heavy atom. The predicted molar refractivity (Wildman–Crippen MR) is 103 cm³/mol. The molecule has 3 aromatic rings. The van der Waals surface area contributed by atoms with Crippen LogP contribution in [0.2, 0.25) is 0 Å². The maximum absolute atomic E-state index is 13.6. The summed E-state index contributed by atoms with van der Waals surface area (Å²) in [5.41, 5.74) is 0.899. The van der Waals surface area contributed by atoms with Gasteiger partial charge in [0, 0.05) is 37.8 Å². The first kappa shape index (κ1) is 19.4. The molecule has 0 aliphatic carbocycles. The Hall–Kier alpha value is -3.60. The number of aromatic nitrogens is 4. The fourth-order valence-electron chi connectivity index (χ4n) is 3.64. The van der Waals surface area contributed by atoms with Gasteiger partial charge in [-0.1, -0.05) is 0 Å². The number of amides is 1. The smallest absolute Gasteiger partial charge is 0.254 e. The summed E-state index contributed by atoms with van der Waals surface area (Å²) in [7, 11) is 0. The molecule has 0 N–H and O–H groups in total. The molecule has 1 amide bonds. The highest BCUT2D eigenvalue weighted by molar-refractivity contribution is 5.95. The zero-order valence-electron chi connectivity index (χ0n) is 16.4. The van der Waals surface area contributed by atoms with Gasteiger partial charge in [0.15, 0.2) is 29.0 Å². The number of rotatable bonds is 4. The zero-order valence-corrected chi connectivity index (χ0v) is 16.4. The van der Waals surface area contributed by atoms with Crippen LogP contribution in [0.1, 0.15) is 16.2 Å². The number of piperazine rings is 1. The van der Waals surface area contributed by atoms with Crippen LogP contribution in [-0.4, -0.2) is 68.9 Å². The van der Waals surface area contributed by atoms with Crippen molar-refractivity contribution in [1.82, 2.24) is 30.0 Å². The van der Waals surface area contributed by atoms with Gasteiger partial charge in [0.25, 0.3) is 5.91 Å². The number of carbonyl (C=O) groups excluding carboxylic acids is 1. The van der Waals surface area contributed by atoms with Crippen molar-refractivity contribution in [1.29, 1.82) is 0 Å². The van der Waals surface area contributed by atoms with Gasteiger partial charge in [-0.25, -0.2) is 8.78 Å². The molecule has 2 aromatic carbocycles. The molecule has 1 aromatic heterocycles. The van der Waals surface area contributed by atoms with Gasteiger partial charge in [-0.15, -0.1) is 5.10 Å². The van der Waals surface area contributed by atoms with Crippen molar-refractivity contribution in [2.24, 2.45) is 0 Å². The van der Waals surface area contributed by atoms with Crippen LogP contribution in [0, 0.1) is 11.6 Å². The molecule has 0 bridgehead atoms. The van der Waals surface area contributed by atoms with E-state index in [4.69, 9.17) is 9.47 Å². The molecule has 0 radical (unpaired) electrons. The highest BCUT2D eigenvalue weighted by Gasteiger charge is 2.25. The van der Waals surface area contributed by atoms with Crippen LogP contribution in [0.25, 0.3) is 5.69 Å². The normalized spacial score (nSPS) is 16.0. The molecule has 3 heterocycles. The molecule has 2 aliphatic heterocycles. The number of halogens is 2. The average molecular weight is 428 g/mol. The lowest BCUT2D eigenvalue weighted by molar-refractivity contribution is 0.0624. The van der Waals surface area contributed by atoms with E-state index in [-0.39, 0.29) is 12.7 Å². The molecule has 160 valence electrons. The maximum atomic E-state index is 13.6. The van der Waals surface area contributed by atoms with E-state index in [9.17, 15) is 13.6 Å². The van der Waals surface area contributed by atoms with E-state index in [0.717, 1.165) is 12.1 Å². The van der Waals surface area contributed by atoms with Crippen LogP contribution in [0.5, 0.6) is 11.5 Å². The molecule has 1 fully saturated rings. The SMILES string of the molecule is O=C(c1ccc2c(c1)OCO2)N1CCN(Cc2nnnn2-c2ccc(F)c(F)c2)CC1. The molecular weight excluding hydrogens is 410 g/mol. The van der Waals surface area contributed by atoms with Crippen LogP contribution in [0.4, 0.5) is 8.78 Å². The second-order valence-corrected chi connectivity index (χ2v) is 7.24. The van der Waals surface area contributed by atoms with Gasteiger partial charge in [0.1, 0.15) is 0 Å². The van der Waals surface area contributed by atoms with Gasteiger partial charge < -0.3 is 14.4 Å². The fraction of sp³-hybridized carbons (Fsp3) is 0.300. The summed E-state index contributed by atoms with van der Waals surface area (Å²) in [5.74, 6) is -0.240. The molecule has 31 heavy (non-hydrogen) atoms. The molecule has 0 saturated carbocycles. The second kappa shape index (κ2) is 7.91. The summed E-state index contributed by atoms with van der Waals surface area (Å²) in [4.78, 5) is 16.7. The van der Waals surface area contributed by atoms with E-state index in [1.54, 1.807) is 23.1 Å². The van der Waals surface area contributed by atoms with Gasteiger partial charge >= 0.3 is 0 Å². The van der Waals surface area contributed by atoms with Crippen LogP contribution in [0.3, 0.4) is 0 Å². The molecule has 0 spiro atoms. The summed E-state index contributed by atoms with van der Waals surface area (Å²) in [6.45, 7) is 2.91. The third-order valence-corrected chi connectivity index (χ3v) is 5.33. The van der Waals surface area contributed by atoms with Gasteiger partial charge in [-0.05, 0) is 40.8 Å². The summed E-state index contributed by atoms with van der Waals surface area (Å²) in [6, 6.07) is 8.68. The first-order valence-corrected chi connectivity index (χ1v) is 9.72. The fourth-order valence-corrected chi connectivity index (χ4v) is 3.64. The number of fused-ring (bicyclic) bond motifs is 1. The van der Waals surface area contributed by atoms with Crippen LogP contribution < -0.4 is 9.47 Å². The molecule has 11 heteroatoms. The van der Waals surface area contributed by atoms with Crippen molar-refractivity contribution >= 4 is 5.91 Å². The Bertz CT molecular complexity index is 1130. The molecule has 0 unspecified atom stereocenters. The third kappa shape index (κ3) is 3.79. The Labute approximate surface area is 175 Å². The van der Waals surface area contributed by atoms with Crippen molar-refractivity contribution in [3.63, 3.8) is 0 Å². The van der Waals surface area contributed by atoms with Gasteiger partial charge in [-0.3, -0.25) is 9.69 Å². The quantitative estimate of drug-likeness (QED) is 0.624. The Morgan fingerprint density at radius 3 is 2.58 bits per heavy atom. The molecule has 1 saturated heterocycles. The Morgan fingerprint density at radius 2 is 1.77 bits per heavy atom. The lowest BCUT2D eigenvalue weighted by Crippen LogP contribution is -2.48. The van der Waals surface area contributed by atoms with E-state index in [1.165, 1.54) is 10.7 Å². The number of ether oxygens (including phenoxy) is 2. The number of hydrogen-bond acceptors (Lipinski definition) is 7. The molecular formula is C20H18F2N6O3. The monoisotopic (exact) mass is 428 g/mol. The number of carbonyl (C=O) groups is 1. The lowest BCUT2D eigenvalue weighted by Gasteiger charge is -2.34. The maximum Gasteiger partial charge on any atom is 0.254 e. The number of tetrazole rings is 1. The van der Waals surface area contributed by atoms with E-state index < -0.39 is 11.6 Å². The van der Waals surface area contributed by atoms with E-state index in [2.05, 4.69) is 20.4 Å². The molecule has 5 rings (SSSR count). The van der Waals surface area contributed by atoms with Gasteiger partial charge in [0.2, 0.25) is 6.79 Å². The van der Waals surface area contributed by atoms with Gasteiger partial charge in [-0.2, -0.15) is 4.68 Å². The predicted octanol–water partition coefficient (Wildman–Crippen LogP) is 1.63. The van der Waals surface area contributed by atoms with E-state index in [0.29, 0.717) is 61.3 Å². The summed E-state index contributed by atoms with van der Waals surface area (Å²) in [5, 5.41) is 11.6. The van der Waals surface area contributed by atoms with Crippen LogP contribution in [-0.2, 0) is 6.54 Å². The third-order valence-electron chi connectivity index (χ3n) is 5.33. The van der Waals surface area contributed by atoms with Crippen molar-refractivity contribution in [3.8, 4) is 17.2 Å². The summed E-state index contributed by atoms with van der Waals surface area (Å²) >= 11 is 0. The average Bonchev–Trinajstić information content (AvgIpc) is 3.44. The lowest BCUT2D eigenvalue weighted by atomic mass is 10.1. The number of hydrogen-bond donors (Lipinski definition) is 0. The zero-order chi connectivity index (χ0) is 21.4. The topological polar surface area (TPSA) is 85.6 Å². The standard InChI is InChI=1S/C20H18F2N6O3/c21-15-3-2-14(10-16(15)22)28-19(23-24-25-28)11-26-5-7-27(8-6-26)20(29)13-1-4-17-18(9-13)31-12-30-17/h1-4,9-10H,5-8,11-12H2. The molecule has 0 atom stereocenters. The molecule has 9 nitrogen and oxygen atoms in total. The van der Waals surface area contributed by atoms with E-state index >= 15 is 0 Å². The first-order valence-electron chi connectivity index (χ1n) is 9.72. The second-order valence-electron chi connectivity index (χ2n) is 7.24. The van der Waals surface area contributed by atoms with Crippen molar-refractivity contribution in [3.05, 3.63) is 59.4 Å². The summed E-state index contributed by atoms with van der Waals surface area (Å²) in [6.07, 6.45) is 0. The minimum atomic E-state index is -0.963. The number of benzene rings is 2. The van der Waals surface area contributed by atoms with Crippen LogP contribution >= 0.6 is 0 Å². The van der Waals surface area contributed by atoms with Crippen molar-refractivity contribution in [2.45, 2.75) is 6.54 Å². The van der Waals surface area contributed by atoms with E-state index in [1.807, 2.05) is 0 Å². The highest BCUT2D eigenvalue weighted by atomic mass is 19.2. The minimum absolute atomic E-state index is 0.0652. The molecule has 2 aliphatic rings. The van der Waals surface area contributed by atoms with Crippen LogP contribution in [0.15, 0.2) is 36.4 Å². The Kier molecular flexibility index (Phi) is 4.94. The summed E-state index contributed by atoms with van der Waals surface area (Å²) < 4.78 is 38.8. The minimum Gasteiger partial charge on any atom is -0.454 e. The van der Waals surface area contributed by atoms with Crippen molar-refractivity contribution < 1.29 is 23.0 Å². The van der Waals surface area contributed by atoms with Gasteiger partial charge in [0.05, 0.1) is 12.2 Å². The largest absolute Gasteiger partial charge is 0.454 e. The highest BCUT2D eigenvalue weighted by Crippen LogP contribution is 2.32. The Balaban J connectivity index is 1.22.